The number of carbonyl (C=O) groups is 3. The van der Waals surface area contributed by atoms with Crippen LogP contribution in [0.1, 0.15) is 11.4 Å². The van der Waals surface area contributed by atoms with Gasteiger partial charge in [0.25, 0.3) is 11.8 Å². The number of anilines is 1. The number of hydrogen-bond acceptors (Lipinski definition) is 14. The molecular weight excluding hydrogens is 646 g/mol. The average molecular weight is 668 g/mol. The van der Waals surface area contributed by atoms with E-state index in [1.807, 2.05) is 30.8 Å². The van der Waals surface area contributed by atoms with Crippen molar-refractivity contribution >= 4 is 63.5 Å². The predicted octanol–water partition coefficient (Wildman–Crippen LogP) is -4.76. The molecule has 1 saturated heterocycles. The summed E-state index contributed by atoms with van der Waals surface area (Å²) < 4.78 is 2.20. The van der Waals surface area contributed by atoms with E-state index in [1.54, 1.807) is 16.3 Å². The summed E-state index contributed by atoms with van der Waals surface area (Å²) in [6, 6.07) is 3.56. The number of nitrogens with zero attached hydrogens (tertiary/aromatic N) is 5. The van der Waals surface area contributed by atoms with Crippen molar-refractivity contribution < 1.29 is 68.8 Å². The number of β-lactam (4-membered cyclic amide) rings is 1. The molecule has 2 aliphatic heterocycles. The maximum atomic E-state index is 13.3. The molecule has 3 aromatic rings. The smallest absolute Gasteiger partial charge is 0.869 e. The Kier molecular flexibility index (Phi) is 10.6. The fraction of sp³-hybridized carbons (Fsp3) is 0.240. The van der Waals surface area contributed by atoms with Gasteiger partial charge < -0.3 is 36.1 Å². The van der Waals surface area contributed by atoms with Crippen LogP contribution in [0.5, 0.6) is 5.75 Å². The number of nitrogen functional groups attached to an aromatic ring is 1. The average Bonchev–Trinajstić information content (AvgIpc) is 3.41. The van der Waals surface area contributed by atoms with E-state index < -0.39 is 47.0 Å². The number of carboxylic acids is 1. The van der Waals surface area contributed by atoms with Gasteiger partial charge in [-0.3, -0.25) is 19.3 Å². The van der Waals surface area contributed by atoms with Gasteiger partial charge in [0.15, 0.2) is 41.8 Å². The Labute approximate surface area is 283 Å². The first kappa shape index (κ1) is 33.3. The number of pyridine rings is 2. The maximum absolute atomic E-state index is 13.3. The molecule has 0 aromatic carbocycles. The first-order valence-corrected chi connectivity index (χ1v) is 15.5. The van der Waals surface area contributed by atoms with Crippen molar-refractivity contribution in [2.75, 3.05) is 17.7 Å². The van der Waals surface area contributed by atoms with Crippen molar-refractivity contribution in [3.63, 3.8) is 0 Å². The third-order valence-electron chi connectivity index (χ3n) is 6.42. The molecule has 2 atom stereocenters. The van der Waals surface area contributed by atoms with Crippen molar-refractivity contribution in [3.05, 3.63) is 75.1 Å². The number of carbonyl (C=O) groups excluding carboxylic acids is 3. The largest absolute Gasteiger partial charge is 1.00 e. The molecule has 0 unspecified atom stereocenters. The Morgan fingerprint density at radius 2 is 2.07 bits per heavy atom. The van der Waals surface area contributed by atoms with Crippen LogP contribution in [0.2, 0.25) is 0 Å². The minimum atomic E-state index is -1.50. The molecule has 44 heavy (non-hydrogen) atoms. The van der Waals surface area contributed by atoms with Gasteiger partial charge >= 0.3 is 29.6 Å². The zero-order valence-corrected chi connectivity index (χ0v) is 27.6. The van der Waals surface area contributed by atoms with Crippen molar-refractivity contribution in [1.82, 2.24) is 19.9 Å². The Bertz CT molecular complexity index is 1730. The first-order valence-electron chi connectivity index (χ1n) is 12.3. The first-order chi connectivity index (χ1) is 20.6. The normalized spacial score (nSPS) is 17.8. The Morgan fingerprint density at radius 1 is 1.34 bits per heavy atom. The number of nitrogens with two attached hydrogens (primary N) is 1. The monoisotopic (exact) mass is 667 g/mol. The van der Waals surface area contributed by atoms with E-state index >= 15 is 0 Å². The van der Waals surface area contributed by atoms with Crippen molar-refractivity contribution in [1.29, 1.82) is 0 Å². The number of fused-ring (bicyclic) bond motifs is 1. The molecule has 15 nitrogen and oxygen atoms in total. The summed E-state index contributed by atoms with van der Waals surface area (Å²) in [4.78, 5) is 61.6. The zero-order chi connectivity index (χ0) is 30.8. The third-order valence-corrected chi connectivity index (χ3v) is 9.18. The quantitative estimate of drug-likeness (QED) is 0.0353. The molecule has 5 heterocycles. The molecule has 1 fully saturated rings. The van der Waals surface area contributed by atoms with Crippen LogP contribution in [0.3, 0.4) is 0 Å². The van der Waals surface area contributed by atoms with E-state index in [0.717, 1.165) is 27.2 Å². The van der Waals surface area contributed by atoms with E-state index in [9.17, 15) is 34.6 Å². The van der Waals surface area contributed by atoms with Crippen LogP contribution in [0, 0.1) is 0 Å². The molecule has 0 bridgehead atoms. The molecule has 4 N–H and O–H groups in total. The molecule has 0 radical (unpaired) electrons. The SMILES string of the molecule is CSc1cc[n+](CC2=C(C(=O)[O-])N3C(=O)[C@H](NC(=O)/C(=N/OCc4cc(=O)c([O-])cn4O)c4csc(N)n4)[C@@H]3SC2)cc1.[Na+]. The summed E-state index contributed by atoms with van der Waals surface area (Å²) in [5.41, 5.74) is 4.62. The molecule has 224 valence electrons. The van der Waals surface area contributed by atoms with E-state index in [0.29, 0.717) is 16.5 Å². The third kappa shape index (κ3) is 6.89. The number of oxime groups is 1. The zero-order valence-electron chi connectivity index (χ0n) is 23.2. The number of aromatic nitrogens is 3. The number of aliphatic carboxylic acids is 1. The van der Waals surface area contributed by atoms with Gasteiger partial charge in [-0.1, -0.05) is 5.16 Å². The number of thiazole rings is 1. The van der Waals surface area contributed by atoms with Crippen molar-refractivity contribution in [2.24, 2.45) is 5.16 Å². The number of hydrogen-bond donors (Lipinski definition) is 3. The second-order valence-electron chi connectivity index (χ2n) is 9.13. The molecule has 2 amide bonds. The molecule has 2 aliphatic rings. The Hall–Kier alpha value is -3.55. The van der Waals surface area contributed by atoms with Crippen LogP contribution in [0.15, 0.2) is 68.3 Å². The number of amides is 2. The number of thioether (sulfide) groups is 2. The van der Waals surface area contributed by atoms with E-state index in [4.69, 9.17) is 10.6 Å². The topological polar surface area (TPSA) is 219 Å². The summed E-state index contributed by atoms with van der Waals surface area (Å²) in [6.45, 7) is -0.269. The fourth-order valence-electron chi connectivity index (χ4n) is 4.33. The Balaban J connectivity index is 0.00000442. The van der Waals surface area contributed by atoms with Crippen LogP contribution in [-0.4, -0.2) is 66.7 Å². The molecule has 0 spiro atoms. The standard InChI is InChI=1S/C25H23N7O8S3.Na/c1-41-14-2-4-30(5-3-14)7-12-10-42-23-19(22(36)32(23)20(12)24(37)38)28-21(35)18(15-11-43-25(26)27-15)29-40-9-13-6-16(33)17(34)8-31(13)39;/h2-6,8,11,19,23,39H,7,9-10H2,1H3,(H4-,26,27,28,34,35,37,38);/q;+1/p-1/b29-18+;/t19-,23-;/m0./s1. The van der Waals surface area contributed by atoms with E-state index in [-0.39, 0.29) is 69.8 Å². The summed E-state index contributed by atoms with van der Waals surface area (Å²) in [7, 11) is 0. The molecule has 19 heteroatoms. The molecule has 0 aliphatic carbocycles. The maximum Gasteiger partial charge on any atom is 1.00 e. The van der Waals surface area contributed by atoms with Crippen LogP contribution >= 0.6 is 34.9 Å². The van der Waals surface area contributed by atoms with Gasteiger partial charge in [-0.05, 0) is 12.0 Å². The summed E-state index contributed by atoms with van der Waals surface area (Å²) >= 11 is 3.88. The number of rotatable bonds is 10. The minimum Gasteiger partial charge on any atom is -0.869 e. The second kappa shape index (κ2) is 14.0. The Morgan fingerprint density at radius 3 is 2.70 bits per heavy atom. The molecular formula is C25H22N7NaO8S3. The van der Waals surface area contributed by atoms with Crippen LogP contribution in [-0.2, 0) is 32.4 Å². The number of carboxylic acid groups (broad SMARTS) is 1. The van der Waals surface area contributed by atoms with Gasteiger partial charge in [0, 0.05) is 46.0 Å². The van der Waals surface area contributed by atoms with Gasteiger partial charge in [0.2, 0.25) is 0 Å². The van der Waals surface area contributed by atoms with Crippen LogP contribution in [0.4, 0.5) is 5.13 Å². The van der Waals surface area contributed by atoms with Gasteiger partial charge in [0.1, 0.15) is 22.8 Å². The summed E-state index contributed by atoms with van der Waals surface area (Å²) in [5.74, 6) is -3.67. The predicted molar refractivity (Wildman–Crippen MR) is 151 cm³/mol. The fourth-order valence-corrected chi connectivity index (χ4v) is 6.60. The number of nitrogens with one attached hydrogen (secondary N) is 1. The summed E-state index contributed by atoms with van der Waals surface area (Å²) in [6.07, 6.45) is 6.24. The molecule has 5 rings (SSSR count). The molecule has 3 aromatic heterocycles. The van der Waals surface area contributed by atoms with Gasteiger partial charge in [-0.2, -0.15) is 4.73 Å². The van der Waals surface area contributed by atoms with Gasteiger partial charge in [0.05, 0.1) is 11.7 Å². The van der Waals surface area contributed by atoms with E-state index in [2.05, 4.69) is 15.5 Å². The van der Waals surface area contributed by atoms with Crippen molar-refractivity contribution in [3.8, 4) is 5.75 Å². The van der Waals surface area contributed by atoms with Crippen molar-refractivity contribution in [2.45, 2.75) is 29.5 Å². The van der Waals surface area contributed by atoms with Gasteiger partial charge in [-0.15, -0.1) is 34.9 Å². The second-order valence-corrected chi connectivity index (χ2v) is 12.0. The van der Waals surface area contributed by atoms with E-state index in [1.165, 1.54) is 17.1 Å². The van der Waals surface area contributed by atoms with Crippen LogP contribution in [0.25, 0.3) is 0 Å². The minimum absolute atomic E-state index is 0. The van der Waals surface area contributed by atoms with Gasteiger partial charge in [-0.25, -0.2) is 9.55 Å². The summed E-state index contributed by atoms with van der Waals surface area (Å²) in [5, 5.41) is 40.5. The molecule has 0 saturated carbocycles. The van der Waals surface area contributed by atoms with Crippen LogP contribution < -0.4 is 60.8 Å².